The van der Waals surface area contributed by atoms with Gasteiger partial charge < -0.3 is 10.2 Å². The van der Waals surface area contributed by atoms with Gasteiger partial charge in [-0.1, -0.05) is 42.5 Å². The summed E-state index contributed by atoms with van der Waals surface area (Å²) in [5.41, 5.74) is 3.56. The van der Waals surface area contributed by atoms with Gasteiger partial charge in [-0.15, -0.1) is 0 Å². The molecule has 2 aromatic carbocycles. The summed E-state index contributed by atoms with van der Waals surface area (Å²) in [4.78, 5) is 16.9. The van der Waals surface area contributed by atoms with Gasteiger partial charge in [0.1, 0.15) is 0 Å². The molecule has 0 bridgehead atoms. The average Bonchev–Trinajstić information content (AvgIpc) is 3.19. The van der Waals surface area contributed by atoms with Gasteiger partial charge in [0, 0.05) is 25.8 Å². The fourth-order valence-electron chi connectivity index (χ4n) is 3.49. The SMILES string of the molecule is C[C@H](NCc1ccccc1CN1CCCC1)C(=O)N(C)c1ccccc1. The number of hydrogen-bond donors (Lipinski definition) is 1. The molecule has 1 amide bonds. The van der Waals surface area contributed by atoms with E-state index in [4.69, 9.17) is 0 Å². The maximum absolute atomic E-state index is 12.7. The van der Waals surface area contributed by atoms with E-state index in [1.165, 1.54) is 37.1 Å². The zero-order valence-corrected chi connectivity index (χ0v) is 15.8. The topological polar surface area (TPSA) is 35.6 Å². The summed E-state index contributed by atoms with van der Waals surface area (Å²) < 4.78 is 0. The lowest BCUT2D eigenvalue weighted by atomic mass is 10.1. The molecule has 0 saturated carbocycles. The fraction of sp³-hybridized carbons (Fsp3) is 0.409. The lowest BCUT2D eigenvalue weighted by Crippen LogP contribution is -2.43. The summed E-state index contributed by atoms with van der Waals surface area (Å²) in [6.45, 7) is 6.03. The van der Waals surface area contributed by atoms with Gasteiger partial charge in [-0.05, 0) is 56.1 Å². The predicted octanol–water partition coefficient (Wildman–Crippen LogP) is 3.42. The summed E-state index contributed by atoms with van der Waals surface area (Å²) in [7, 11) is 1.83. The number of anilines is 1. The molecule has 138 valence electrons. The number of hydrogen-bond acceptors (Lipinski definition) is 3. The first-order valence-corrected chi connectivity index (χ1v) is 9.50. The highest BCUT2D eigenvalue weighted by Gasteiger charge is 2.19. The maximum atomic E-state index is 12.7. The normalized spacial score (nSPS) is 15.8. The van der Waals surface area contributed by atoms with Crippen molar-refractivity contribution in [3.05, 3.63) is 65.7 Å². The van der Waals surface area contributed by atoms with E-state index in [1.807, 2.05) is 44.3 Å². The van der Waals surface area contributed by atoms with Crippen LogP contribution in [0.1, 0.15) is 30.9 Å². The lowest BCUT2D eigenvalue weighted by Gasteiger charge is -2.23. The average molecular weight is 351 g/mol. The van der Waals surface area contributed by atoms with Crippen LogP contribution in [-0.2, 0) is 17.9 Å². The van der Waals surface area contributed by atoms with Crippen LogP contribution in [0.25, 0.3) is 0 Å². The van der Waals surface area contributed by atoms with Gasteiger partial charge in [0.15, 0.2) is 0 Å². The van der Waals surface area contributed by atoms with Gasteiger partial charge in [0.05, 0.1) is 6.04 Å². The first kappa shape index (κ1) is 18.6. The molecule has 0 aromatic heterocycles. The van der Waals surface area contributed by atoms with Crippen molar-refractivity contribution in [3.8, 4) is 0 Å². The highest BCUT2D eigenvalue weighted by Crippen LogP contribution is 2.17. The molecule has 1 aliphatic rings. The molecule has 4 nitrogen and oxygen atoms in total. The molecule has 0 aliphatic carbocycles. The Kier molecular flexibility index (Phi) is 6.42. The largest absolute Gasteiger partial charge is 0.314 e. The first-order valence-electron chi connectivity index (χ1n) is 9.50. The van der Waals surface area contributed by atoms with Gasteiger partial charge in [0.25, 0.3) is 0 Å². The molecule has 1 fully saturated rings. The van der Waals surface area contributed by atoms with E-state index in [0.717, 1.165) is 12.2 Å². The number of nitrogens with one attached hydrogen (secondary N) is 1. The Morgan fingerprint density at radius 1 is 1.04 bits per heavy atom. The van der Waals surface area contributed by atoms with Crippen molar-refractivity contribution in [3.63, 3.8) is 0 Å². The zero-order chi connectivity index (χ0) is 18.4. The van der Waals surface area contributed by atoms with Gasteiger partial charge >= 0.3 is 0 Å². The molecule has 1 heterocycles. The number of carbonyl (C=O) groups is 1. The van der Waals surface area contributed by atoms with E-state index in [-0.39, 0.29) is 11.9 Å². The predicted molar refractivity (Wildman–Crippen MR) is 107 cm³/mol. The number of nitrogens with zero attached hydrogens (tertiary/aromatic N) is 2. The first-order chi connectivity index (χ1) is 12.6. The molecule has 1 atom stereocenters. The van der Waals surface area contributed by atoms with Crippen LogP contribution in [0.2, 0.25) is 0 Å². The van der Waals surface area contributed by atoms with Gasteiger partial charge in [0.2, 0.25) is 5.91 Å². The van der Waals surface area contributed by atoms with E-state index >= 15 is 0 Å². The maximum Gasteiger partial charge on any atom is 0.243 e. The molecule has 1 aliphatic heterocycles. The molecule has 26 heavy (non-hydrogen) atoms. The Bertz CT molecular complexity index is 710. The molecule has 0 unspecified atom stereocenters. The van der Waals surface area contributed by atoms with E-state index < -0.39 is 0 Å². The van der Waals surface area contributed by atoms with Crippen molar-refractivity contribution in [2.24, 2.45) is 0 Å². The van der Waals surface area contributed by atoms with Crippen LogP contribution >= 0.6 is 0 Å². The number of amides is 1. The van der Waals surface area contributed by atoms with Crippen molar-refractivity contribution < 1.29 is 4.79 Å². The monoisotopic (exact) mass is 351 g/mol. The fourth-order valence-corrected chi connectivity index (χ4v) is 3.49. The minimum absolute atomic E-state index is 0.0771. The number of likely N-dealkylation sites (N-methyl/N-ethyl adjacent to an activating group) is 1. The summed E-state index contributed by atoms with van der Waals surface area (Å²) in [5, 5.41) is 3.40. The highest BCUT2D eigenvalue weighted by atomic mass is 16.2. The number of benzene rings is 2. The summed E-state index contributed by atoms with van der Waals surface area (Å²) in [5.74, 6) is 0.0771. The van der Waals surface area contributed by atoms with Gasteiger partial charge in [-0.2, -0.15) is 0 Å². The third-order valence-electron chi connectivity index (χ3n) is 5.15. The number of para-hydroxylation sites is 1. The third-order valence-corrected chi connectivity index (χ3v) is 5.15. The van der Waals surface area contributed by atoms with E-state index in [9.17, 15) is 4.79 Å². The molecule has 3 rings (SSSR count). The zero-order valence-electron chi connectivity index (χ0n) is 15.8. The number of likely N-dealkylation sites (tertiary alicyclic amines) is 1. The Labute approximate surface area is 156 Å². The van der Waals surface area contributed by atoms with Crippen molar-refractivity contribution in [2.45, 2.75) is 38.9 Å². The second kappa shape index (κ2) is 8.97. The quantitative estimate of drug-likeness (QED) is 0.830. The smallest absolute Gasteiger partial charge is 0.243 e. The van der Waals surface area contributed by atoms with Crippen molar-refractivity contribution in [1.82, 2.24) is 10.2 Å². The minimum Gasteiger partial charge on any atom is -0.314 e. The van der Waals surface area contributed by atoms with E-state index in [2.05, 4.69) is 34.5 Å². The summed E-state index contributed by atoms with van der Waals surface area (Å²) >= 11 is 0. The summed E-state index contributed by atoms with van der Waals surface area (Å²) in [6.07, 6.45) is 2.61. The Hall–Kier alpha value is -2.17. The molecular weight excluding hydrogens is 322 g/mol. The van der Waals surface area contributed by atoms with E-state index in [1.54, 1.807) is 4.90 Å². The molecule has 2 aromatic rings. The number of carbonyl (C=O) groups excluding carboxylic acids is 1. The van der Waals surface area contributed by atoms with E-state index in [0.29, 0.717) is 6.54 Å². The van der Waals surface area contributed by atoms with Crippen molar-refractivity contribution in [1.29, 1.82) is 0 Å². The van der Waals surface area contributed by atoms with Crippen LogP contribution in [0.3, 0.4) is 0 Å². The van der Waals surface area contributed by atoms with Crippen LogP contribution in [0.15, 0.2) is 54.6 Å². The van der Waals surface area contributed by atoms with Crippen molar-refractivity contribution in [2.75, 3.05) is 25.0 Å². The Morgan fingerprint density at radius 2 is 1.65 bits per heavy atom. The Morgan fingerprint density at radius 3 is 2.35 bits per heavy atom. The molecular formula is C22H29N3O. The van der Waals surface area contributed by atoms with Crippen LogP contribution < -0.4 is 10.2 Å². The van der Waals surface area contributed by atoms with Crippen LogP contribution in [0.5, 0.6) is 0 Å². The van der Waals surface area contributed by atoms with Crippen molar-refractivity contribution >= 4 is 11.6 Å². The molecule has 0 spiro atoms. The molecule has 4 heteroatoms. The molecule has 1 saturated heterocycles. The van der Waals surface area contributed by atoms with Crippen LogP contribution in [0, 0.1) is 0 Å². The molecule has 0 radical (unpaired) electrons. The standard InChI is InChI=1S/C22H29N3O/c1-18(22(26)24(2)21-12-4-3-5-13-21)23-16-19-10-6-7-11-20(19)17-25-14-8-9-15-25/h3-7,10-13,18,23H,8-9,14-17H2,1-2H3/t18-/m0/s1. The Balaban J connectivity index is 1.59. The van der Waals surface area contributed by atoms with Crippen LogP contribution in [0.4, 0.5) is 5.69 Å². The minimum atomic E-state index is -0.236. The lowest BCUT2D eigenvalue weighted by molar-refractivity contribution is -0.120. The van der Waals surface area contributed by atoms with Crippen LogP contribution in [-0.4, -0.2) is 37.0 Å². The van der Waals surface area contributed by atoms with Gasteiger partial charge in [-0.25, -0.2) is 0 Å². The number of rotatable bonds is 7. The second-order valence-corrected chi connectivity index (χ2v) is 7.09. The molecule has 1 N–H and O–H groups in total. The second-order valence-electron chi connectivity index (χ2n) is 7.09. The third kappa shape index (κ3) is 4.71. The van der Waals surface area contributed by atoms with Gasteiger partial charge in [-0.3, -0.25) is 9.69 Å². The highest BCUT2D eigenvalue weighted by molar-refractivity contribution is 5.96. The summed E-state index contributed by atoms with van der Waals surface area (Å²) in [6, 6.07) is 18.1.